The fourth-order valence-corrected chi connectivity index (χ4v) is 8.92. The molecule has 3 spiro atoms. The molecule has 6 heterocycles. The van der Waals surface area contributed by atoms with E-state index >= 15 is 0 Å². The molecule has 1 atom stereocenters. The topological polar surface area (TPSA) is 52.0 Å². The summed E-state index contributed by atoms with van der Waals surface area (Å²) in [6.45, 7) is 36.5. The Labute approximate surface area is 378 Å². The van der Waals surface area contributed by atoms with Gasteiger partial charge in [-0.2, -0.15) is 0 Å². The van der Waals surface area contributed by atoms with Gasteiger partial charge < -0.3 is 16.0 Å². The van der Waals surface area contributed by atoms with Crippen molar-refractivity contribution in [2.24, 2.45) is 0 Å². The van der Waals surface area contributed by atoms with Gasteiger partial charge in [0.05, 0.1) is 0 Å². The van der Waals surface area contributed by atoms with Gasteiger partial charge in [-0.05, 0) is 105 Å². The van der Waals surface area contributed by atoms with Gasteiger partial charge in [0.1, 0.15) is 0 Å². The van der Waals surface area contributed by atoms with Crippen LogP contribution < -0.4 is 0 Å². The summed E-state index contributed by atoms with van der Waals surface area (Å²) < 4.78 is 0. The molecular formula is C39H81N6Y3-3. The molecule has 0 bridgehead atoms. The Morgan fingerprint density at radius 2 is 0.688 bits per heavy atom. The molecule has 48 heavy (non-hydrogen) atoms. The minimum Gasteiger partial charge on any atom is -0.662 e. The zero-order valence-corrected chi connectivity index (χ0v) is 43.0. The first-order valence-electron chi connectivity index (χ1n) is 19.9. The van der Waals surface area contributed by atoms with Gasteiger partial charge in [-0.25, -0.2) is 0 Å². The maximum absolute atomic E-state index is 4.55. The van der Waals surface area contributed by atoms with Gasteiger partial charge in [0.15, 0.2) is 0 Å². The van der Waals surface area contributed by atoms with Crippen LogP contribution in [0.1, 0.15) is 160 Å². The summed E-state index contributed by atoms with van der Waals surface area (Å²) in [5, 5.41) is 13.4. The second-order valence-electron chi connectivity index (χ2n) is 14.5. The molecule has 6 nitrogen and oxygen atoms in total. The second kappa shape index (κ2) is 30.3. The minimum absolute atomic E-state index is 0. The van der Waals surface area contributed by atoms with Crippen molar-refractivity contribution in [2.45, 2.75) is 195 Å². The van der Waals surface area contributed by atoms with Gasteiger partial charge in [-0.15, -0.1) is 39.3 Å². The van der Waals surface area contributed by atoms with E-state index in [-0.39, 0.29) is 98.1 Å². The number of hydrogen-bond donors (Lipinski definition) is 0. The average molecular weight is 901 g/mol. The van der Waals surface area contributed by atoms with Crippen LogP contribution in [0.4, 0.5) is 0 Å². The molecule has 0 saturated carbocycles. The third-order valence-corrected chi connectivity index (χ3v) is 11.0. The molecule has 0 N–H and O–H groups in total. The van der Waals surface area contributed by atoms with Gasteiger partial charge in [0, 0.05) is 127 Å². The van der Waals surface area contributed by atoms with Gasteiger partial charge in [0.2, 0.25) is 0 Å². The van der Waals surface area contributed by atoms with Crippen molar-refractivity contribution in [3.8, 4) is 0 Å². The molecule has 3 radical (unpaired) electrons. The summed E-state index contributed by atoms with van der Waals surface area (Å²) in [6.07, 6.45) is 16.6. The summed E-state index contributed by atoms with van der Waals surface area (Å²) in [4.78, 5) is 8.13. The van der Waals surface area contributed by atoms with Gasteiger partial charge in [-0.1, -0.05) is 80.1 Å². The zero-order valence-electron chi connectivity index (χ0n) is 34.5. The van der Waals surface area contributed by atoms with E-state index in [0.717, 1.165) is 39.3 Å². The van der Waals surface area contributed by atoms with E-state index in [1.165, 1.54) is 96.7 Å². The Balaban J connectivity index is -0.000000570. The van der Waals surface area contributed by atoms with E-state index in [2.05, 4.69) is 72.2 Å². The summed E-state index contributed by atoms with van der Waals surface area (Å²) in [5.41, 5.74) is 1.52. The number of nitrogens with zero attached hydrogens (tertiary/aromatic N) is 6. The number of hydrogen-bond acceptors (Lipinski definition) is 3. The van der Waals surface area contributed by atoms with Crippen LogP contribution in [0, 0.1) is 0 Å². The Morgan fingerprint density at radius 3 is 1.02 bits per heavy atom. The molecule has 0 amide bonds. The Kier molecular flexibility index (Phi) is 35.0. The SMILES string of the molecule is CC.CC.CC.CC(C)N1CCCCC12CC[N-]C2.CC(C)N1CCCCC12CC[N-]CC2.CC(C)N1CCCCC12C[N-]C2.[Y].[Y].[Y]. The third-order valence-electron chi connectivity index (χ3n) is 11.0. The normalized spacial score (nSPS) is 25.8. The summed E-state index contributed by atoms with van der Waals surface area (Å²) in [6, 6.07) is 2.13. The average Bonchev–Trinajstić information content (AvgIpc) is 3.52. The molecule has 6 aliphatic rings. The molecule has 9 heteroatoms. The van der Waals surface area contributed by atoms with Crippen LogP contribution >= 0.6 is 0 Å². The molecule has 6 saturated heterocycles. The van der Waals surface area contributed by atoms with E-state index in [1.807, 2.05) is 41.5 Å². The predicted octanol–water partition coefficient (Wildman–Crippen LogP) is 10.3. The summed E-state index contributed by atoms with van der Waals surface area (Å²) in [5.74, 6) is 0. The van der Waals surface area contributed by atoms with Crippen LogP contribution in [-0.2, 0) is 98.1 Å². The van der Waals surface area contributed by atoms with Crippen LogP contribution in [-0.4, -0.2) is 108 Å². The minimum atomic E-state index is 0. The molecule has 279 valence electrons. The van der Waals surface area contributed by atoms with E-state index in [1.54, 1.807) is 0 Å². The second-order valence-corrected chi connectivity index (χ2v) is 14.5. The fraction of sp³-hybridized carbons (Fsp3) is 1.00. The van der Waals surface area contributed by atoms with Crippen molar-refractivity contribution >= 4 is 0 Å². The molecule has 6 aliphatic heterocycles. The van der Waals surface area contributed by atoms with Crippen LogP contribution in [0.15, 0.2) is 0 Å². The molecule has 6 rings (SSSR count). The van der Waals surface area contributed by atoms with E-state index in [4.69, 9.17) is 0 Å². The van der Waals surface area contributed by atoms with Crippen molar-refractivity contribution in [1.82, 2.24) is 14.7 Å². The van der Waals surface area contributed by atoms with Crippen LogP contribution in [0.25, 0.3) is 16.0 Å². The van der Waals surface area contributed by atoms with E-state index < -0.39 is 0 Å². The molecule has 0 aliphatic carbocycles. The summed E-state index contributed by atoms with van der Waals surface area (Å²) >= 11 is 0. The first-order chi connectivity index (χ1) is 21.7. The summed E-state index contributed by atoms with van der Waals surface area (Å²) in [7, 11) is 0. The number of rotatable bonds is 3. The van der Waals surface area contributed by atoms with Crippen molar-refractivity contribution < 1.29 is 98.1 Å². The van der Waals surface area contributed by atoms with Crippen LogP contribution in [0.2, 0.25) is 0 Å². The standard InChI is InChI=1S/C12H23N2.C11H21N2.C10H19N2.3C2H6.3Y/c1-11(2)14-10-4-3-5-12(14)6-8-13-9-7-12;1-10(2)13-8-4-3-5-11(13)6-7-12-9-11;1-9(2)12-6-4-3-5-10(12)7-11-8-10;3*1-2;;;/h11H,3-10H2,1-2H3;10H,3-9H2,1-2H3;9H,3-8H2,1-2H3;3*1-2H3;;;/q3*-1;;;;;;. The van der Waals surface area contributed by atoms with Gasteiger partial charge in [-0.3, -0.25) is 14.7 Å². The maximum atomic E-state index is 4.55. The Bertz CT molecular complexity index is 714. The molecule has 0 aromatic carbocycles. The first-order valence-corrected chi connectivity index (χ1v) is 19.9. The van der Waals surface area contributed by atoms with Gasteiger partial charge >= 0.3 is 0 Å². The van der Waals surface area contributed by atoms with Crippen molar-refractivity contribution in [2.75, 3.05) is 58.9 Å². The smallest absolute Gasteiger partial charge is 0.0179 e. The largest absolute Gasteiger partial charge is 0.662 e. The first kappa shape index (κ1) is 55.4. The van der Waals surface area contributed by atoms with Gasteiger partial charge in [0.25, 0.3) is 0 Å². The molecular weight excluding hydrogens is 819 g/mol. The van der Waals surface area contributed by atoms with Crippen LogP contribution in [0.5, 0.6) is 0 Å². The van der Waals surface area contributed by atoms with Crippen molar-refractivity contribution in [3.63, 3.8) is 0 Å². The number of piperidine rings is 4. The number of likely N-dealkylation sites (tertiary alicyclic amines) is 3. The Morgan fingerprint density at radius 1 is 0.375 bits per heavy atom. The molecule has 6 fully saturated rings. The third kappa shape index (κ3) is 16.0. The van der Waals surface area contributed by atoms with Crippen molar-refractivity contribution in [1.29, 1.82) is 0 Å². The maximum Gasteiger partial charge on any atom is 0.0179 e. The van der Waals surface area contributed by atoms with E-state index in [9.17, 15) is 0 Å². The predicted molar refractivity (Wildman–Crippen MR) is 202 cm³/mol. The van der Waals surface area contributed by atoms with Crippen molar-refractivity contribution in [3.05, 3.63) is 16.0 Å². The van der Waals surface area contributed by atoms with Crippen LogP contribution in [0.3, 0.4) is 0 Å². The quantitative estimate of drug-likeness (QED) is 0.284. The monoisotopic (exact) mass is 900 g/mol. The fourth-order valence-electron chi connectivity index (χ4n) is 8.92. The van der Waals surface area contributed by atoms with E-state index in [0.29, 0.717) is 34.7 Å². The molecule has 1 unspecified atom stereocenters. The molecule has 0 aromatic rings. The zero-order chi connectivity index (χ0) is 33.9. The Hall–Kier alpha value is 3.07. The molecule has 0 aromatic heterocycles.